The van der Waals surface area contributed by atoms with Crippen molar-refractivity contribution in [1.82, 2.24) is 14.3 Å². The summed E-state index contributed by atoms with van der Waals surface area (Å²) in [5.74, 6) is 0. The zero-order valence-electron chi connectivity index (χ0n) is 14.2. The Kier molecular flexibility index (Phi) is 5.50. The molecule has 0 spiro atoms. The molecule has 128 valence electrons. The highest BCUT2D eigenvalue weighted by Crippen LogP contribution is 2.28. The number of imidazole rings is 1. The van der Waals surface area contributed by atoms with Crippen LogP contribution < -0.4 is 5.73 Å². The molecular formula is C18H24N4OS. The van der Waals surface area contributed by atoms with E-state index < -0.39 is 0 Å². The summed E-state index contributed by atoms with van der Waals surface area (Å²) >= 11 is 1.68. The van der Waals surface area contributed by atoms with Gasteiger partial charge >= 0.3 is 0 Å². The lowest BCUT2D eigenvalue weighted by Crippen LogP contribution is -2.35. The zero-order chi connectivity index (χ0) is 16.9. The van der Waals surface area contributed by atoms with Crippen LogP contribution in [0.25, 0.3) is 16.2 Å². The standard InChI is InChI=1S/C16H18N4OS.C2H6/c17-14-4-2-1-3-13(14)15-10-20-12(11-22-16(20)18-15)9-19-5-7-21-8-6-19;1-2/h1-4,10-11H,5-9,17H2;1-2H3. The van der Waals surface area contributed by atoms with E-state index in [1.54, 1.807) is 11.3 Å². The van der Waals surface area contributed by atoms with Crippen molar-refractivity contribution < 1.29 is 4.74 Å². The van der Waals surface area contributed by atoms with Gasteiger partial charge in [0.05, 0.1) is 18.9 Å². The number of ether oxygens (including phenoxy) is 1. The molecule has 24 heavy (non-hydrogen) atoms. The van der Waals surface area contributed by atoms with E-state index in [0.717, 1.165) is 54.8 Å². The van der Waals surface area contributed by atoms with Crippen molar-refractivity contribution in [1.29, 1.82) is 0 Å². The number of nitrogens with two attached hydrogens (primary N) is 1. The summed E-state index contributed by atoms with van der Waals surface area (Å²) in [6.07, 6.45) is 2.09. The lowest BCUT2D eigenvalue weighted by molar-refractivity contribution is 0.0336. The minimum absolute atomic E-state index is 0.767. The number of benzene rings is 1. The molecule has 0 bridgehead atoms. The number of thiazole rings is 1. The first kappa shape index (κ1) is 17.0. The van der Waals surface area contributed by atoms with E-state index in [4.69, 9.17) is 15.5 Å². The highest BCUT2D eigenvalue weighted by molar-refractivity contribution is 7.15. The van der Waals surface area contributed by atoms with Crippen LogP contribution in [-0.4, -0.2) is 40.6 Å². The molecule has 1 fully saturated rings. The number of anilines is 1. The Morgan fingerprint density at radius 2 is 1.96 bits per heavy atom. The maximum absolute atomic E-state index is 6.06. The predicted octanol–water partition coefficient (Wildman–Crippen LogP) is 3.50. The second kappa shape index (κ2) is 7.79. The van der Waals surface area contributed by atoms with E-state index in [0.29, 0.717) is 0 Å². The van der Waals surface area contributed by atoms with Gasteiger partial charge in [-0.15, -0.1) is 11.3 Å². The SMILES string of the molecule is CC.Nc1ccccc1-c1cn2c(CN3CCOCC3)csc2n1. The number of morpholine rings is 1. The van der Waals surface area contributed by atoms with Crippen LogP contribution in [0, 0.1) is 0 Å². The monoisotopic (exact) mass is 344 g/mol. The Morgan fingerprint density at radius 3 is 2.71 bits per heavy atom. The first-order valence-electron chi connectivity index (χ1n) is 8.42. The molecule has 6 heteroatoms. The highest BCUT2D eigenvalue weighted by atomic mass is 32.1. The van der Waals surface area contributed by atoms with Crippen molar-refractivity contribution in [2.45, 2.75) is 20.4 Å². The van der Waals surface area contributed by atoms with E-state index in [1.807, 2.05) is 38.1 Å². The molecule has 2 N–H and O–H groups in total. The largest absolute Gasteiger partial charge is 0.398 e. The van der Waals surface area contributed by atoms with Gasteiger partial charge in [0.25, 0.3) is 0 Å². The first-order chi connectivity index (χ1) is 11.8. The lowest BCUT2D eigenvalue weighted by atomic mass is 10.1. The van der Waals surface area contributed by atoms with Crippen molar-refractivity contribution in [3.8, 4) is 11.3 Å². The predicted molar refractivity (Wildman–Crippen MR) is 100 cm³/mol. The number of nitrogens with zero attached hydrogens (tertiary/aromatic N) is 3. The third-order valence-corrected chi connectivity index (χ3v) is 4.90. The average molecular weight is 344 g/mol. The average Bonchev–Trinajstić information content (AvgIpc) is 3.20. The summed E-state index contributed by atoms with van der Waals surface area (Å²) in [5.41, 5.74) is 10.0. The van der Waals surface area contributed by atoms with E-state index >= 15 is 0 Å². The van der Waals surface area contributed by atoms with E-state index in [-0.39, 0.29) is 0 Å². The Bertz CT molecular complexity index is 789. The summed E-state index contributed by atoms with van der Waals surface area (Å²) in [4.78, 5) is 8.15. The summed E-state index contributed by atoms with van der Waals surface area (Å²) in [6.45, 7) is 8.56. The van der Waals surface area contributed by atoms with Gasteiger partial charge in [-0.25, -0.2) is 4.98 Å². The van der Waals surface area contributed by atoms with Gasteiger partial charge < -0.3 is 10.5 Å². The molecule has 0 saturated carbocycles. The Balaban J connectivity index is 0.000000815. The van der Waals surface area contributed by atoms with Crippen molar-refractivity contribution in [2.75, 3.05) is 32.0 Å². The molecule has 0 amide bonds. The van der Waals surface area contributed by atoms with E-state index in [9.17, 15) is 0 Å². The van der Waals surface area contributed by atoms with Crippen LogP contribution in [0.4, 0.5) is 5.69 Å². The molecule has 1 aliphatic heterocycles. The zero-order valence-corrected chi connectivity index (χ0v) is 15.1. The van der Waals surface area contributed by atoms with Gasteiger partial charge in [0.2, 0.25) is 0 Å². The summed E-state index contributed by atoms with van der Waals surface area (Å²) in [7, 11) is 0. The smallest absolute Gasteiger partial charge is 0.194 e. The molecule has 1 aliphatic rings. The summed E-state index contributed by atoms with van der Waals surface area (Å²) in [5, 5.41) is 2.19. The van der Waals surface area contributed by atoms with Gasteiger partial charge in [0, 0.05) is 48.2 Å². The number of fused-ring (bicyclic) bond motifs is 1. The number of para-hydroxylation sites is 1. The van der Waals surface area contributed by atoms with Crippen molar-refractivity contribution in [3.63, 3.8) is 0 Å². The van der Waals surface area contributed by atoms with Crippen LogP contribution >= 0.6 is 11.3 Å². The molecule has 1 saturated heterocycles. The highest BCUT2D eigenvalue weighted by Gasteiger charge is 2.15. The molecule has 0 atom stereocenters. The normalized spacial score (nSPS) is 15.2. The fourth-order valence-corrected chi connectivity index (χ4v) is 3.66. The number of rotatable bonds is 3. The third-order valence-electron chi connectivity index (χ3n) is 4.01. The second-order valence-electron chi connectivity index (χ2n) is 5.48. The lowest BCUT2D eigenvalue weighted by Gasteiger charge is -2.26. The topological polar surface area (TPSA) is 55.8 Å². The van der Waals surface area contributed by atoms with Gasteiger partial charge in [-0.3, -0.25) is 9.30 Å². The first-order valence-corrected chi connectivity index (χ1v) is 9.30. The Morgan fingerprint density at radius 1 is 1.21 bits per heavy atom. The van der Waals surface area contributed by atoms with Gasteiger partial charge in [0.1, 0.15) is 0 Å². The van der Waals surface area contributed by atoms with Gasteiger partial charge in [-0.05, 0) is 6.07 Å². The van der Waals surface area contributed by atoms with Crippen LogP contribution in [-0.2, 0) is 11.3 Å². The number of nitrogen functional groups attached to an aromatic ring is 1. The second-order valence-corrected chi connectivity index (χ2v) is 6.32. The van der Waals surface area contributed by atoms with Crippen LogP contribution in [0.15, 0.2) is 35.8 Å². The fourth-order valence-electron chi connectivity index (χ4n) is 2.79. The molecule has 4 rings (SSSR count). The van der Waals surface area contributed by atoms with Crippen molar-refractivity contribution in [2.24, 2.45) is 0 Å². The van der Waals surface area contributed by atoms with E-state index in [2.05, 4.69) is 20.9 Å². The molecule has 2 aromatic heterocycles. The Hall–Kier alpha value is -1.89. The molecule has 5 nitrogen and oxygen atoms in total. The quantitative estimate of drug-likeness (QED) is 0.739. The van der Waals surface area contributed by atoms with Crippen molar-refractivity contribution >= 4 is 22.0 Å². The molecular weight excluding hydrogens is 320 g/mol. The minimum atomic E-state index is 0.767. The van der Waals surface area contributed by atoms with Crippen molar-refractivity contribution in [3.05, 3.63) is 41.5 Å². The number of aromatic nitrogens is 2. The van der Waals surface area contributed by atoms with Crippen LogP contribution in [0.1, 0.15) is 19.5 Å². The van der Waals surface area contributed by atoms with Crippen LogP contribution in [0.5, 0.6) is 0 Å². The molecule has 0 unspecified atom stereocenters. The maximum Gasteiger partial charge on any atom is 0.194 e. The molecule has 3 aromatic rings. The molecule has 0 radical (unpaired) electrons. The fraction of sp³-hybridized carbons (Fsp3) is 0.389. The van der Waals surface area contributed by atoms with E-state index in [1.165, 1.54) is 5.69 Å². The number of hydrogen-bond acceptors (Lipinski definition) is 5. The molecule has 1 aromatic carbocycles. The molecule has 0 aliphatic carbocycles. The van der Waals surface area contributed by atoms with Crippen LogP contribution in [0.2, 0.25) is 0 Å². The van der Waals surface area contributed by atoms with Crippen LogP contribution in [0.3, 0.4) is 0 Å². The van der Waals surface area contributed by atoms with Gasteiger partial charge in [-0.2, -0.15) is 0 Å². The third kappa shape index (κ3) is 3.45. The van der Waals surface area contributed by atoms with Gasteiger partial charge in [0.15, 0.2) is 4.96 Å². The molecule has 3 heterocycles. The minimum Gasteiger partial charge on any atom is -0.398 e. The summed E-state index contributed by atoms with van der Waals surface area (Å²) in [6, 6.07) is 7.87. The summed E-state index contributed by atoms with van der Waals surface area (Å²) < 4.78 is 7.59. The van der Waals surface area contributed by atoms with Gasteiger partial charge in [-0.1, -0.05) is 32.0 Å². The Labute approximate surface area is 146 Å². The maximum atomic E-state index is 6.06. The number of hydrogen-bond donors (Lipinski definition) is 1.